The van der Waals surface area contributed by atoms with Crippen LogP contribution in [0.2, 0.25) is 4.34 Å². The van der Waals surface area contributed by atoms with Crippen LogP contribution in [-0.2, 0) is 0 Å². The first-order valence-corrected chi connectivity index (χ1v) is 5.35. The van der Waals surface area contributed by atoms with Crippen molar-refractivity contribution in [3.05, 3.63) is 10.5 Å². The fraction of sp³-hybridized carbons (Fsp3) is 0.625. The summed E-state index contributed by atoms with van der Waals surface area (Å²) in [5.74, 6) is 0. The zero-order chi connectivity index (χ0) is 9.47. The van der Waals surface area contributed by atoms with Crippen LogP contribution in [-0.4, -0.2) is 28.8 Å². The van der Waals surface area contributed by atoms with Gasteiger partial charge < -0.3 is 10.0 Å². The fourth-order valence-electron chi connectivity index (χ4n) is 1.50. The number of rotatable bonds is 1. The third-order valence-electron chi connectivity index (χ3n) is 2.19. The molecule has 0 saturated carbocycles. The second-order valence-corrected chi connectivity index (χ2v) is 5.26. The van der Waals surface area contributed by atoms with E-state index in [1.165, 1.54) is 11.3 Å². The van der Waals surface area contributed by atoms with Gasteiger partial charge in [-0.05, 0) is 13.3 Å². The predicted octanol–water partition coefficient (Wildman–Crippen LogP) is 1.76. The van der Waals surface area contributed by atoms with Gasteiger partial charge >= 0.3 is 0 Å². The molecule has 5 heteroatoms. The van der Waals surface area contributed by atoms with Crippen LogP contribution in [0.15, 0.2) is 6.20 Å². The van der Waals surface area contributed by atoms with Crippen molar-refractivity contribution in [2.24, 2.45) is 0 Å². The van der Waals surface area contributed by atoms with Crippen LogP contribution >= 0.6 is 22.9 Å². The third-order valence-corrected chi connectivity index (χ3v) is 3.36. The molecule has 1 fully saturated rings. The van der Waals surface area contributed by atoms with E-state index in [4.69, 9.17) is 11.6 Å². The number of hydrogen-bond acceptors (Lipinski definition) is 4. The van der Waals surface area contributed by atoms with E-state index in [1.807, 2.05) is 6.92 Å². The Balaban J connectivity index is 2.12. The number of hydrogen-bond donors (Lipinski definition) is 1. The number of aromatic nitrogens is 1. The van der Waals surface area contributed by atoms with Crippen molar-refractivity contribution < 1.29 is 5.11 Å². The van der Waals surface area contributed by atoms with E-state index in [0.29, 0.717) is 10.9 Å². The zero-order valence-electron chi connectivity index (χ0n) is 7.33. The van der Waals surface area contributed by atoms with Gasteiger partial charge in [0.15, 0.2) is 5.13 Å². The SMILES string of the molecule is CC1(O)CCN(c2ncc(Cl)s2)C1. The summed E-state index contributed by atoms with van der Waals surface area (Å²) >= 11 is 7.23. The minimum atomic E-state index is -0.571. The number of halogens is 1. The standard InChI is InChI=1S/C8H11ClN2OS/c1-8(12)2-3-11(5-8)7-10-4-6(9)13-7/h4,12H,2-3,5H2,1H3. The van der Waals surface area contributed by atoms with E-state index in [2.05, 4.69) is 9.88 Å². The van der Waals surface area contributed by atoms with Crippen LogP contribution in [0, 0.1) is 0 Å². The number of aliphatic hydroxyl groups is 1. The summed E-state index contributed by atoms with van der Waals surface area (Å²) in [7, 11) is 0. The third kappa shape index (κ3) is 1.95. The Hall–Kier alpha value is -0.320. The van der Waals surface area contributed by atoms with Crippen LogP contribution in [0.5, 0.6) is 0 Å². The molecule has 0 aromatic carbocycles. The maximum atomic E-state index is 9.74. The van der Waals surface area contributed by atoms with Crippen LogP contribution in [0.1, 0.15) is 13.3 Å². The largest absolute Gasteiger partial charge is 0.388 e. The number of thiazole rings is 1. The topological polar surface area (TPSA) is 36.4 Å². The molecule has 1 saturated heterocycles. The second-order valence-electron chi connectivity index (χ2n) is 3.62. The van der Waals surface area contributed by atoms with Gasteiger partial charge in [-0.15, -0.1) is 0 Å². The Morgan fingerprint density at radius 2 is 2.54 bits per heavy atom. The molecule has 1 aliphatic heterocycles. The molecule has 3 nitrogen and oxygen atoms in total. The first-order chi connectivity index (χ1) is 6.07. The second kappa shape index (κ2) is 3.12. The van der Waals surface area contributed by atoms with Gasteiger partial charge in [0.05, 0.1) is 11.8 Å². The van der Waals surface area contributed by atoms with Crippen molar-refractivity contribution in [1.29, 1.82) is 0 Å². The lowest BCUT2D eigenvalue weighted by atomic mass is 10.1. The zero-order valence-corrected chi connectivity index (χ0v) is 8.90. The molecule has 72 valence electrons. The van der Waals surface area contributed by atoms with E-state index >= 15 is 0 Å². The Labute approximate surface area is 86.0 Å². The highest BCUT2D eigenvalue weighted by molar-refractivity contribution is 7.19. The summed E-state index contributed by atoms with van der Waals surface area (Å²) in [5, 5.41) is 10.6. The molecule has 1 aromatic heterocycles. The van der Waals surface area contributed by atoms with Crippen molar-refractivity contribution in [2.75, 3.05) is 18.0 Å². The highest BCUT2D eigenvalue weighted by Gasteiger charge is 2.32. The van der Waals surface area contributed by atoms with Crippen LogP contribution in [0.4, 0.5) is 5.13 Å². The molecule has 13 heavy (non-hydrogen) atoms. The molecule has 1 aliphatic rings. The molecule has 1 aromatic rings. The highest BCUT2D eigenvalue weighted by Crippen LogP contribution is 2.31. The predicted molar refractivity (Wildman–Crippen MR) is 54.6 cm³/mol. The lowest BCUT2D eigenvalue weighted by molar-refractivity contribution is 0.0839. The molecule has 0 bridgehead atoms. The van der Waals surface area contributed by atoms with E-state index in [-0.39, 0.29) is 0 Å². The minimum Gasteiger partial charge on any atom is -0.388 e. The van der Waals surface area contributed by atoms with Gasteiger partial charge in [-0.3, -0.25) is 0 Å². The Morgan fingerprint density at radius 3 is 3.00 bits per heavy atom. The van der Waals surface area contributed by atoms with Crippen molar-refractivity contribution >= 4 is 28.1 Å². The van der Waals surface area contributed by atoms with Gasteiger partial charge in [0.2, 0.25) is 0 Å². The molecule has 0 aliphatic carbocycles. The number of anilines is 1. The Kier molecular flexibility index (Phi) is 2.21. The normalized spacial score (nSPS) is 28.4. The molecule has 1 unspecified atom stereocenters. The number of β-amino-alcohol motifs (C(OH)–C–C–N with tert-alkyl or cyclic N) is 1. The van der Waals surface area contributed by atoms with Crippen LogP contribution < -0.4 is 4.90 Å². The van der Waals surface area contributed by atoms with E-state index < -0.39 is 5.60 Å². The molecule has 2 rings (SSSR count). The van der Waals surface area contributed by atoms with Crippen molar-refractivity contribution in [3.8, 4) is 0 Å². The average Bonchev–Trinajstić information content (AvgIpc) is 2.56. The fourth-order valence-corrected chi connectivity index (χ4v) is 2.43. The van der Waals surface area contributed by atoms with Gasteiger partial charge in [-0.2, -0.15) is 0 Å². The first kappa shape index (κ1) is 9.24. The van der Waals surface area contributed by atoms with Gasteiger partial charge in [0.1, 0.15) is 4.34 Å². The average molecular weight is 219 g/mol. The minimum absolute atomic E-state index is 0.571. The van der Waals surface area contributed by atoms with E-state index in [1.54, 1.807) is 6.20 Å². The lowest BCUT2D eigenvalue weighted by Gasteiger charge is -2.17. The van der Waals surface area contributed by atoms with Gasteiger partial charge in [0.25, 0.3) is 0 Å². The molecule has 1 N–H and O–H groups in total. The molecular formula is C8H11ClN2OS. The summed E-state index contributed by atoms with van der Waals surface area (Å²) in [6.45, 7) is 3.36. The Morgan fingerprint density at radius 1 is 1.77 bits per heavy atom. The summed E-state index contributed by atoms with van der Waals surface area (Å²) in [5.41, 5.74) is -0.571. The summed E-state index contributed by atoms with van der Waals surface area (Å²) in [6.07, 6.45) is 2.44. The molecule has 0 radical (unpaired) electrons. The molecule has 2 heterocycles. The van der Waals surface area contributed by atoms with Crippen molar-refractivity contribution in [3.63, 3.8) is 0 Å². The summed E-state index contributed by atoms with van der Waals surface area (Å²) in [6, 6.07) is 0. The van der Waals surface area contributed by atoms with Crippen molar-refractivity contribution in [2.45, 2.75) is 18.9 Å². The Bertz CT molecular complexity index is 313. The number of nitrogens with zero attached hydrogens (tertiary/aromatic N) is 2. The van der Waals surface area contributed by atoms with Gasteiger partial charge in [-0.1, -0.05) is 22.9 Å². The monoisotopic (exact) mass is 218 g/mol. The summed E-state index contributed by atoms with van der Waals surface area (Å²) < 4.78 is 0.696. The van der Waals surface area contributed by atoms with Gasteiger partial charge in [0, 0.05) is 13.1 Å². The summed E-state index contributed by atoms with van der Waals surface area (Å²) in [4.78, 5) is 6.23. The van der Waals surface area contributed by atoms with Gasteiger partial charge in [-0.25, -0.2) is 4.98 Å². The smallest absolute Gasteiger partial charge is 0.186 e. The molecular weight excluding hydrogens is 208 g/mol. The molecule has 0 spiro atoms. The molecule has 1 atom stereocenters. The molecule has 0 amide bonds. The maximum Gasteiger partial charge on any atom is 0.186 e. The van der Waals surface area contributed by atoms with E-state index in [9.17, 15) is 5.11 Å². The van der Waals surface area contributed by atoms with Crippen molar-refractivity contribution in [1.82, 2.24) is 4.98 Å². The first-order valence-electron chi connectivity index (χ1n) is 4.15. The highest BCUT2D eigenvalue weighted by atomic mass is 35.5. The lowest BCUT2D eigenvalue weighted by Crippen LogP contribution is -2.29. The quantitative estimate of drug-likeness (QED) is 0.781. The maximum absolute atomic E-state index is 9.74. The van der Waals surface area contributed by atoms with Crippen LogP contribution in [0.25, 0.3) is 0 Å². The van der Waals surface area contributed by atoms with E-state index in [0.717, 1.165) is 18.1 Å². The van der Waals surface area contributed by atoms with Crippen LogP contribution in [0.3, 0.4) is 0 Å².